The smallest absolute Gasteiger partial charge is 0.338 e. The molecule has 150 valence electrons. The van der Waals surface area contributed by atoms with Crippen molar-refractivity contribution in [3.05, 3.63) is 94.7 Å². The van der Waals surface area contributed by atoms with E-state index in [4.69, 9.17) is 4.74 Å². The van der Waals surface area contributed by atoms with Gasteiger partial charge in [0.15, 0.2) is 0 Å². The van der Waals surface area contributed by atoms with Crippen molar-refractivity contribution in [2.75, 3.05) is 7.11 Å². The number of hydrogen-bond acceptors (Lipinski definition) is 5. The summed E-state index contributed by atoms with van der Waals surface area (Å²) in [4.78, 5) is 20.8. The number of aromatic nitrogens is 3. The van der Waals surface area contributed by atoms with Crippen molar-refractivity contribution in [3.63, 3.8) is 0 Å². The first-order valence-corrected chi connectivity index (χ1v) is 10.1. The molecule has 0 N–H and O–H groups in total. The van der Waals surface area contributed by atoms with Crippen molar-refractivity contribution in [2.45, 2.75) is 6.54 Å². The Morgan fingerprint density at radius 1 is 1.20 bits per heavy atom. The van der Waals surface area contributed by atoms with Gasteiger partial charge in [-0.3, -0.25) is 0 Å². The van der Waals surface area contributed by atoms with Crippen LogP contribution in [0.25, 0.3) is 22.8 Å². The third-order valence-electron chi connectivity index (χ3n) is 4.56. The van der Waals surface area contributed by atoms with Gasteiger partial charge in [0.25, 0.3) is 0 Å². The Kier molecular flexibility index (Phi) is 5.81. The van der Waals surface area contributed by atoms with E-state index in [1.807, 2.05) is 34.4 Å². The van der Waals surface area contributed by atoms with Crippen LogP contribution in [0.2, 0.25) is 0 Å². The van der Waals surface area contributed by atoms with Crippen LogP contribution < -0.4 is 0 Å². The maximum Gasteiger partial charge on any atom is 0.338 e. The number of rotatable bonds is 6. The molecule has 4 rings (SSSR count). The van der Waals surface area contributed by atoms with Gasteiger partial charge in [-0.25, -0.2) is 19.2 Å². The second-order valence-corrected chi connectivity index (χ2v) is 7.44. The minimum Gasteiger partial charge on any atom is -0.465 e. The van der Waals surface area contributed by atoms with Crippen molar-refractivity contribution in [3.8, 4) is 11.1 Å². The number of benzene rings is 2. The molecule has 2 aromatic heterocycles. The first kappa shape index (κ1) is 19.7. The summed E-state index contributed by atoms with van der Waals surface area (Å²) >= 11 is 1.56. The lowest BCUT2D eigenvalue weighted by Gasteiger charge is -2.11. The summed E-state index contributed by atoms with van der Waals surface area (Å²) in [6.45, 7) is 0.609. The van der Waals surface area contributed by atoms with E-state index in [-0.39, 0.29) is 5.82 Å². The third kappa shape index (κ3) is 4.36. The van der Waals surface area contributed by atoms with Crippen LogP contribution in [-0.2, 0) is 11.3 Å². The highest BCUT2D eigenvalue weighted by Crippen LogP contribution is 2.29. The Balaban J connectivity index is 1.80. The van der Waals surface area contributed by atoms with E-state index in [0.29, 0.717) is 17.7 Å². The van der Waals surface area contributed by atoms with Crippen LogP contribution >= 0.6 is 11.3 Å². The van der Waals surface area contributed by atoms with E-state index in [1.165, 1.54) is 19.2 Å². The maximum atomic E-state index is 13.4. The zero-order valence-electron chi connectivity index (χ0n) is 16.2. The lowest BCUT2D eigenvalue weighted by Crippen LogP contribution is -2.04. The topological polar surface area (TPSA) is 57.0 Å². The SMILES string of the molecule is COC(=O)c1ccc(C=C(Cn2ccnc2)c2nccs2)cc1-c1ccc(F)cc1. The predicted octanol–water partition coefficient (Wildman–Crippen LogP) is 5.17. The normalized spacial score (nSPS) is 11.5. The summed E-state index contributed by atoms with van der Waals surface area (Å²) < 4.78 is 20.3. The molecule has 2 aromatic carbocycles. The average Bonchev–Trinajstić information content (AvgIpc) is 3.47. The highest BCUT2D eigenvalue weighted by Gasteiger charge is 2.15. The number of thiazole rings is 1. The highest BCUT2D eigenvalue weighted by atomic mass is 32.1. The third-order valence-corrected chi connectivity index (χ3v) is 5.41. The summed E-state index contributed by atoms with van der Waals surface area (Å²) in [5.74, 6) is -0.774. The van der Waals surface area contributed by atoms with Crippen LogP contribution in [0.1, 0.15) is 20.9 Å². The summed E-state index contributed by atoms with van der Waals surface area (Å²) in [6, 6.07) is 11.5. The molecule has 7 heteroatoms. The summed E-state index contributed by atoms with van der Waals surface area (Å²) in [7, 11) is 1.34. The molecule has 5 nitrogen and oxygen atoms in total. The minimum absolute atomic E-state index is 0.333. The quantitative estimate of drug-likeness (QED) is 0.405. The number of carbonyl (C=O) groups excluding carboxylic acids is 1. The number of hydrogen-bond donors (Lipinski definition) is 0. The maximum absolute atomic E-state index is 13.4. The largest absolute Gasteiger partial charge is 0.465 e. The van der Waals surface area contributed by atoms with E-state index < -0.39 is 5.97 Å². The van der Waals surface area contributed by atoms with Crippen LogP contribution in [-0.4, -0.2) is 27.6 Å². The average molecular weight is 419 g/mol. The van der Waals surface area contributed by atoms with Gasteiger partial charge >= 0.3 is 5.97 Å². The second kappa shape index (κ2) is 8.84. The van der Waals surface area contributed by atoms with Gasteiger partial charge in [-0.1, -0.05) is 18.2 Å². The van der Waals surface area contributed by atoms with Gasteiger partial charge in [-0.15, -0.1) is 11.3 Å². The van der Waals surface area contributed by atoms with Crippen LogP contribution in [0.5, 0.6) is 0 Å². The first-order valence-electron chi connectivity index (χ1n) is 9.18. The fourth-order valence-electron chi connectivity index (χ4n) is 3.14. The molecule has 30 heavy (non-hydrogen) atoms. The van der Waals surface area contributed by atoms with E-state index in [2.05, 4.69) is 9.97 Å². The molecule has 0 aliphatic carbocycles. The molecular weight excluding hydrogens is 401 g/mol. The van der Waals surface area contributed by atoms with Gasteiger partial charge in [-0.2, -0.15) is 0 Å². The molecule has 0 amide bonds. The van der Waals surface area contributed by atoms with E-state index in [0.717, 1.165) is 21.7 Å². The van der Waals surface area contributed by atoms with E-state index in [1.54, 1.807) is 48.3 Å². The molecule has 0 bridgehead atoms. The number of allylic oxidation sites excluding steroid dienone is 1. The molecule has 0 saturated heterocycles. The van der Waals surface area contributed by atoms with E-state index >= 15 is 0 Å². The molecule has 0 aliphatic heterocycles. The Labute approximate surface area is 177 Å². The molecule has 0 spiro atoms. The van der Waals surface area contributed by atoms with Crippen molar-refractivity contribution >= 4 is 29.0 Å². The van der Waals surface area contributed by atoms with Crippen molar-refractivity contribution in [1.82, 2.24) is 14.5 Å². The number of halogens is 1. The van der Waals surface area contributed by atoms with Gasteiger partial charge < -0.3 is 9.30 Å². The van der Waals surface area contributed by atoms with Crippen LogP contribution in [0, 0.1) is 5.82 Å². The van der Waals surface area contributed by atoms with Gasteiger partial charge in [0, 0.05) is 29.5 Å². The summed E-state index contributed by atoms with van der Waals surface area (Å²) in [5, 5.41) is 2.84. The molecule has 0 aliphatic rings. The van der Waals surface area contributed by atoms with Gasteiger partial charge in [0.2, 0.25) is 0 Å². The zero-order chi connectivity index (χ0) is 20.9. The molecule has 0 radical (unpaired) electrons. The number of nitrogens with zero attached hydrogens (tertiary/aromatic N) is 3. The highest BCUT2D eigenvalue weighted by molar-refractivity contribution is 7.10. The fourth-order valence-corrected chi connectivity index (χ4v) is 3.79. The monoisotopic (exact) mass is 419 g/mol. The Hall–Kier alpha value is -3.58. The number of esters is 1. The van der Waals surface area contributed by atoms with Crippen LogP contribution in [0.3, 0.4) is 0 Å². The Morgan fingerprint density at radius 3 is 2.70 bits per heavy atom. The number of imidazole rings is 1. The lowest BCUT2D eigenvalue weighted by atomic mass is 9.96. The van der Waals surface area contributed by atoms with Crippen LogP contribution in [0.15, 0.2) is 72.8 Å². The summed E-state index contributed by atoms with van der Waals surface area (Å²) in [6.07, 6.45) is 9.19. The summed E-state index contributed by atoms with van der Waals surface area (Å²) in [5.41, 5.74) is 3.74. The fraction of sp³-hybridized carbons (Fsp3) is 0.0870. The molecular formula is C23H18FN3O2S. The molecule has 0 saturated carbocycles. The number of carbonyl (C=O) groups is 1. The Morgan fingerprint density at radius 2 is 2.03 bits per heavy atom. The van der Waals surface area contributed by atoms with Gasteiger partial charge in [0.05, 0.1) is 25.5 Å². The van der Waals surface area contributed by atoms with Crippen molar-refractivity contribution in [2.24, 2.45) is 0 Å². The van der Waals surface area contributed by atoms with Crippen LogP contribution in [0.4, 0.5) is 4.39 Å². The molecule has 0 atom stereocenters. The van der Waals surface area contributed by atoms with Gasteiger partial charge in [-0.05, 0) is 47.0 Å². The Bertz CT molecular complexity index is 1170. The van der Waals surface area contributed by atoms with E-state index in [9.17, 15) is 9.18 Å². The minimum atomic E-state index is -0.441. The number of ether oxygens (including phenoxy) is 1. The molecule has 0 unspecified atom stereocenters. The molecule has 2 heterocycles. The first-order chi connectivity index (χ1) is 14.6. The van der Waals surface area contributed by atoms with Gasteiger partial charge in [0.1, 0.15) is 10.8 Å². The number of methoxy groups -OCH3 is 1. The lowest BCUT2D eigenvalue weighted by molar-refractivity contribution is 0.0601. The standard InChI is InChI=1S/C23H18FN3O2S/c1-29-23(28)20-7-2-16(13-21(20)17-3-5-19(24)6-4-17)12-18(22-26-9-11-30-22)14-27-10-8-25-15-27/h2-13,15H,14H2,1H3. The zero-order valence-corrected chi connectivity index (χ0v) is 17.0. The van der Waals surface area contributed by atoms with Crippen molar-refractivity contribution in [1.29, 1.82) is 0 Å². The second-order valence-electron chi connectivity index (χ2n) is 6.55. The van der Waals surface area contributed by atoms with Crippen molar-refractivity contribution < 1.29 is 13.9 Å². The molecule has 4 aromatic rings. The predicted molar refractivity (Wildman–Crippen MR) is 115 cm³/mol. The molecule has 0 fully saturated rings.